The summed E-state index contributed by atoms with van der Waals surface area (Å²) >= 11 is 0. The van der Waals surface area contributed by atoms with Crippen molar-refractivity contribution in [2.24, 2.45) is 0 Å². The number of rotatable bonds is 10. The van der Waals surface area contributed by atoms with E-state index in [-0.39, 0.29) is 23.5 Å². The van der Waals surface area contributed by atoms with E-state index in [1.54, 1.807) is 43.5 Å². The van der Waals surface area contributed by atoms with Crippen molar-refractivity contribution in [3.8, 4) is 11.5 Å². The van der Waals surface area contributed by atoms with Crippen LogP contribution in [0.5, 0.6) is 11.5 Å². The molecule has 0 spiro atoms. The molecule has 1 heterocycles. The summed E-state index contributed by atoms with van der Waals surface area (Å²) < 4.78 is 39.0. The van der Waals surface area contributed by atoms with Gasteiger partial charge in [0.15, 0.2) is 6.61 Å². The first-order valence-electron chi connectivity index (χ1n) is 13.4. The first-order valence-corrected chi connectivity index (χ1v) is 14.9. The normalized spacial score (nSPS) is 14.5. The molecule has 0 aromatic heterocycles. The highest BCUT2D eigenvalue weighted by molar-refractivity contribution is 7.89. The number of hydrogen-bond acceptors (Lipinski definition) is 6. The third-order valence-electron chi connectivity index (χ3n) is 7.07. The van der Waals surface area contributed by atoms with Gasteiger partial charge in [0, 0.05) is 31.9 Å². The minimum absolute atomic E-state index is 0.0545. The summed E-state index contributed by atoms with van der Waals surface area (Å²) in [7, 11) is -2.10. The van der Waals surface area contributed by atoms with Gasteiger partial charge in [-0.3, -0.25) is 9.69 Å². The van der Waals surface area contributed by atoms with E-state index < -0.39 is 10.0 Å². The quantitative estimate of drug-likeness (QED) is 0.294. The lowest BCUT2D eigenvalue weighted by molar-refractivity contribution is -0.118. The minimum Gasteiger partial charge on any atom is -0.497 e. The molecule has 1 aliphatic rings. The molecule has 8 nitrogen and oxygen atoms in total. The van der Waals surface area contributed by atoms with E-state index in [9.17, 15) is 13.2 Å². The smallest absolute Gasteiger partial charge is 0.262 e. The topological polar surface area (TPSA) is 88.2 Å². The lowest BCUT2D eigenvalue weighted by Crippen LogP contribution is -2.49. The van der Waals surface area contributed by atoms with Crippen molar-refractivity contribution in [1.29, 1.82) is 0 Å². The maximum atomic E-state index is 13.4. The predicted octanol–water partition coefficient (Wildman–Crippen LogP) is 4.81. The number of ether oxygens (including phenoxy) is 2. The van der Waals surface area contributed by atoms with Crippen LogP contribution in [0.3, 0.4) is 0 Å². The third-order valence-corrected chi connectivity index (χ3v) is 8.99. The molecule has 9 heteroatoms. The van der Waals surface area contributed by atoms with Gasteiger partial charge < -0.3 is 14.8 Å². The highest BCUT2D eigenvalue weighted by atomic mass is 32.2. The van der Waals surface area contributed by atoms with Gasteiger partial charge in [-0.25, -0.2) is 8.42 Å². The first-order chi connectivity index (χ1) is 19.9. The van der Waals surface area contributed by atoms with Crippen LogP contribution in [0.15, 0.2) is 114 Å². The third kappa shape index (κ3) is 6.94. The van der Waals surface area contributed by atoms with Crippen molar-refractivity contribution < 1.29 is 22.7 Å². The number of methoxy groups -OCH3 is 1. The molecule has 1 amide bonds. The van der Waals surface area contributed by atoms with Crippen molar-refractivity contribution in [3.63, 3.8) is 0 Å². The Hall–Kier alpha value is -4.18. The number of hydrogen-bond donors (Lipinski definition) is 1. The predicted molar refractivity (Wildman–Crippen MR) is 159 cm³/mol. The Bertz CT molecular complexity index is 1480. The van der Waals surface area contributed by atoms with Crippen LogP contribution >= 0.6 is 0 Å². The summed E-state index contributed by atoms with van der Waals surface area (Å²) in [5, 5.41) is 2.74. The summed E-state index contributed by atoms with van der Waals surface area (Å²) in [6.45, 7) is 1.81. The Labute approximate surface area is 241 Å². The number of anilines is 1. The van der Waals surface area contributed by atoms with Crippen LogP contribution in [-0.2, 0) is 14.8 Å². The fourth-order valence-corrected chi connectivity index (χ4v) is 6.39. The molecular formula is C32H33N3O5S. The lowest BCUT2D eigenvalue weighted by atomic mass is 9.96. The van der Waals surface area contributed by atoms with Gasteiger partial charge in [-0.05, 0) is 59.7 Å². The van der Waals surface area contributed by atoms with Crippen molar-refractivity contribution in [2.45, 2.75) is 10.9 Å². The second kappa shape index (κ2) is 13.0. The minimum atomic E-state index is -3.68. The molecule has 0 bridgehead atoms. The fourth-order valence-electron chi connectivity index (χ4n) is 4.96. The Morgan fingerprint density at radius 2 is 1.29 bits per heavy atom. The van der Waals surface area contributed by atoms with Gasteiger partial charge in [-0.2, -0.15) is 4.31 Å². The standard InChI is InChI=1S/C32H33N3O5S/c1-39-28-14-16-29(17-15-28)40-24-31(36)33-27-12-18-30(19-13-27)41(37,38)35-22-20-34(21-23-35)32(25-8-4-2-5-9-25)26-10-6-3-7-11-26/h2-19,32H,20-24H2,1H3,(H,33,36). The molecule has 1 N–H and O–H groups in total. The molecule has 5 rings (SSSR count). The highest BCUT2D eigenvalue weighted by Gasteiger charge is 2.32. The van der Waals surface area contributed by atoms with Crippen LogP contribution < -0.4 is 14.8 Å². The lowest BCUT2D eigenvalue weighted by Gasteiger charge is -2.39. The zero-order chi connectivity index (χ0) is 28.7. The van der Waals surface area contributed by atoms with Crippen molar-refractivity contribution in [3.05, 3.63) is 120 Å². The maximum Gasteiger partial charge on any atom is 0.262 e. The Kier molecular flexibility index (Phi) is 8.98. The number of nitrogens with zero attached hydrogens (tertiary/aromatic N) is 2. The van der Waals surface area contributed by atoms with Gasteiger partial charge in [-0.1, -0.05) is 60.7 Å². The summed E-state index contributed by atoms with van der Waals surface area (Å²) in [6.07, 6.45) is 0. The van der Waals surface area contributed by atoms with Gasteiger partial charge in [0.05, 0.1) is 18.0 Å². The fraction of sp³-hybridized carbons (Fsp3) is 0.219. The van der Waals surface area contributed by atoms with E-state index in [4.69, 9.17) is 9.47 Å². The first kappa shape index (κ1) is 28.4. The maximum absolute atomic E-state index is 13.4. The van der Waals surface area contributed by atoms with Gasteiger partial charge in [0.1, 0.15) is 11.5 Å². The second-order valence-electron chi connectivity index (χ2n) is 9.70. The average Bonchev–Trinajstić information content (AvgIpc) is 3.02. The summed E-state index contributed by atoms with van der Waals surface area (Å²) in [6, 6.07) is 33.8. The van der Waals surface area contributed by atoms with Gasteiger partial charge in [0.25, 0.3) is 5.91 Å². The van der Waals surface area contributed by atoms with Crippen LogP contribution in [0, 0.1) is 0 Å². The van der Waals surface area contributed by atoms with Crippen LogP contribution in [0.2, 0.25) is 0 Å². The molecule has 0 aliphatic carbocycles. The van der Waals surface area contributed by atoms with Crippen LogP contribution in [0.4, 0.5) is 5.69 Å². The zero-order valence-corrected chi connectivity index (χ0v) is 23.7. The molecule has 1 fully saturated rings. The number of piperazine rings is 1. The number of amides is 1. The van der Waals surface area contributed by atoms with E-state index in [1.807, 2.05) is 36.4 Å². The van der Waals surface area contributed by atoms with Crippen LogP contribution in [-0.4, -0.2) is 63.4 Å². The number of sulfonamides is 1. The average molecular weight is 572 g/mol. The molecule has 212 valence electrons. The second-order valence-corrected chi connectivity index (χ2v) is 11.6. The summed E-state index contributed by atoms with van der Waals surface area (Å²) in [4.78, 5) is 14.9. The SMILES string of the molecule is COc1ccc(OCC(=O)Nc2ccc(S(=O)(=O)N3CCN(C(c4ccccc4)c4ccccc4)CC3)cc2)cc1. The number of benzene rings is 4. The van der Waals surface area contributed by atoms with Gasteiger partial charge >= 0.3 is 0 Å². The van der Waals surface area contributed by atoms with Gasteiger partial charge in [-0.15, -0.1) is 0 Å². The zero-order valence-electron chi connectivity index (χ0n) is 22.8. The van der Waals surface area contributed by atoms with Crippen LogP contribution in [0.25, 0.3) is 0 Å². The molecule has 0 saturated carbocycles. The Morgan fingerprint density at radius 3 is 1.83 bits per heavy atom. The van der Waals surface area contributed by atoms with E-state index in [0.29, 0.717) is 43.4 Å². The molecule has 4 aromatic rings. The molecule has 0 atom stereocenters. The molecule has 41 heavy (non-hydrogen) atoms. The molecule has 1 saturated heterocycles. The summed E-state index contributed by atoms with van der Waals surface area (Å²) in [5.74, 6) is 0.891. The monoisotopic (exact) mass is 571 g/mol. The molecule has 0 unspecified atom stereocenters. The Morgan fingerprint density at radius 1 is 0.756 bits per heavy atom. The summed E-state index contributed by atoms with van der Waals surface area (Å²) in [5.41, 5.74) is 2.86. The number of nitrogens with one attached hydrogen (secondary N) is 1. The molecule has 0 radical (unpaired) electrons. The van der Waals surface area contributed by atoms with E-state index in [2.05, 4.69) is 34.5 Å². The molecular weight excluding hydrogens is 538 g/mol. The van der Waals surface area contributed by atoms with Crippen LogP contribution in [0.1, 0.15) is 17.2 Å². The molecule has 1 aliphatic heterocycles. The van der Waals surface area contributed by atoms with Gasteiger partial charge in [0.2, 0.25) is 10.0 Å². The van der Waals surface area contributed by atoms with E-state index >= 15 is 0 Å². The molecule has 4 aromatic carbocycles. The number of carbonyl (C=O) groups excluding carboxylic acids is 1. The van der Waals surface area contributed by atoms with E-state index in [0.717, 1.165) is 0 Å². The van der Waals surface area contributed by atoms with E-state index in [1.165, 1.54) is 27.6 Å². The van der Waals surface area contributed by atoms with Crippen molar-refractivity contribution in [1.82, 2.24) is 9.21 Å². The van der Waals surface area contributed by atoms with Crippen molar-refractivity contribution in [2.75, 3.05) is 45.2 Å². The Balaban J connectivity index is 1.18. The largest absolute Gasteiger partial charge is 0.497 e. The van der Waals surface area contributed by atoms with Crippen molar-refractivity contribution >= 4 is 21.6 Å². The number of carbonyl (C=O) groups is 1. The highest BCUT2D eigenvalue weighted by Crippen LogP contribution is 2.30.